The molecule has 134 valence electrons. The molecule has 26 heavy (non-hydrogen) atoms. The molecule has 7 nitrogen and oxygen atoms in total. The van der Waals surface area contributed by atoms with Gasteiger partial charge in [0.1, 0.15) is 12.1 Å². The van der Waals surface area contributed by atoms with Crippen LogP contribution in [0, 0.1) is 6.92 Å². The summed E-state index contributed by atoms with van der Waals surface area (Å²) in [5.41, 5.74) is 1.93. The van der Waals surface area contributed by atoms with Crippen molar-refractivity contribution in [3.05, 3.63) is 54.1 Å². The van der Waals surface area contributed by atoms with E-state index in [4.69, 9.17) is 0 Å². The highest BCUT2D eigenvalue weighted by Gasteiger charge is 2.31. The first kappa shape index (κ1) is 16.5. The van der Waals surface area contributed by atoms with Gasteiger partial charge in [-0.25, -0.2) is 4.98 Å². The van der Waals surface area contributed by atoms with Crippen LogP contribution in [0.1, 0.15) is 31.3 Å². The van der Waals surface area contributed by atoms with Crippen molar-refractivity contribution in [1.29, 1.82) is 0 Å². The number of aromatic nitrogens is 5. The van der Waals surface area contributed by atoms with Crippen LogP contribution >= 0.6 is 0 Å². The highest BCUT2D eigenvalue weighted by Crippen LogP contribution is 2.33. The zero-order chi connectivity index (χ0) is 18.5. The minimum atomic E-state index is -1.01. The lowest BCUT2D eigenvalue weighted by Gasteiger charge is -2.31. The first-order valence-electron chi connectivity index (χ1n) is 8.55. The molecule has 1 atom stereocenters. The Morgan fingerprint density at radius 3 is 2.69 bits per heavy atom. The Balaban J connectivity index is 1.85. The third-order valence-electron chi connectivity index (χ3n) is 4.66. The molecule has 0 saturated carbocycles. The van der Waals surface area contributed by atoms with Crippen molar-refractivity contribution in [2.75, 3.05) is 5.32 Å². The number of hydrogen-bond acceptors (Lipinski definition) is 5. The van der Waals surface area contributed by atoms with E-state index in [1.807, 2.05) is 32.2 Å². The fraction of sp³-hybridized carbons (Fsp3) is 0.316. The lowest BCUT2D eigenvalue weighted by Crippen LogP contribution is -2.36. The van der Waals surface area contributed by atoms with Gasteiger partial charge in [0, 0.05) is 30.0 Å². The summed E-state index contributed by atoms with van der Waals surface area (Å²) in [6, 6.07) is 11.8. The topological polar surface area (TPSA) is 80.3 Å². The fourth-order valence-corrected chi connectivity index (χ4v) is 3.38. The molecule has 3 aromatic heterocycles. The molecular formula is C19H22N6O. The maximum Gasteiger partial charge on any atom is 0.254 e. The third-order valence-corrected chi connectivity index (χ3v) is 4.66. The number of rotatable bonds is 4. The van der Waals surface area contributed by atoms with Crippen molar-refractivity contribution in [3.8, 4) is 0 Å². The molecule has 7 heteroatoms. The average Bonchev–Trinajstić information content (AvgIpc) is 3.16. The molecule has 0 amide bonds. The molecule has 4 rings (SSSR count). The minimum Gasteiger partial charge on any atom is -0.388 e. The predicted molar refractivity (Wildman–Crippen MR) is 101 cm³/mol. The summed E-state index contributed by atoms with van der Waals surface area (Å²) in [6.45, 7) is 5.51. The Labute approximate surface area is 151 Å². The molecule has 0 bridgehead atoms. The van der Waals surface area contributed by atoms with Gasteiger partial charge in [-0.3, -0.25) is 0 Å². The summed E-state index contributed by atoms with van der Waals surface area (Å²) >= 11 is 0. The molecule has 3 heterocycles. The van der Waals surface area contributed by atoms with Crippen LogP contribution in [-0.2, 0) is 7.05 Å². The lowest BCUT2D eigenvalue weighted by atomic mass is 9.95. The Hall–Kier alpha value is -2.93. The van der Waals surface area contributed by atoms with Crippen LogP contribution in [0.5, 0.6) is 0 Å². The van der Waals surface area contributed by atoms with Crippen LogP contribution in [-0.4, -0.2) is 34.9 Å². The second-order valence-corrected chi connectivity index (χ2v) is 7.17. The van der Waals surface area contributed by atoms with E-state index in [2.05, 4.69) is 43.1 Å². The second kappa shape index (κ2) is 5.81. The molecule has 4 aromatic rings. The summed E-state index contributed by atoms with van der Waals surface area (Å²) < 4.78 is 3.76. The Bertz CT molecular complexity index is 1090. The number of benzene rings is 1. The molecule has 2 N–H and O–H groups in total. The number of para-hydroxylation sites is 1. The van der Waals surface area contributed by atoms with Crippen molar-refractivity contribution in [1.82, 2.24) is 24.1 Å². The highest BCUT2D eigenvalue weighted by atomic mass is 16.3. The van der Waals surface area contributed by atoms with Gasteiger partial charge < -0.3 is 15.0 Å². The lowest BCUT2D eigenvalue weighted by molar-refractivity contribution is 0.0566. The standard InChI is InChI=1S/C19H22N6O/c1-12-9-16(25-18(22-12)20-11-21-25)23-17(19(2,3)26)15-10-13-7-5-6-8-14(13)24(15)4/h5-11,17,23,26H,1-4H3/t17-/m1/s1. The quantitative estimate of drug-likeness (QED) is 0.592. The number of nitrogens with one attached hydrogen (secondary N) is 1. The van der Waals surface area contributed by atoms with Crippen molar-refractivity contribution >= 4 is 22.5 Å². The van der Waals surface area contributed by atoms with Crippen molar-refractivity contribution in [2.45, 2.75) is 32.4 Å². The van der Waals surface area contributed by atoms with Crippen LogP contribution in [0.4, 0.5) is 5.82 Å². The van der Waals surface area contributed by atoms with E-state index in [1.54, 1.807) is 18.4 Å². The molecule has 0 aliphatic rings. The van der Waals surface area contributed by atoms with Gasteiger partial charge in [-0.15, -0.1) is 0 Å². The summed E-state index contributed by atoms with van der Waals surface area (Å²) in [5, 5.41) is 19.7. The minimum absolute atomic E-state index is 0.353. The van der Waals surface area contributed by atoms with Gasteiger partial charge in [-0.1, -0.05) is 18.2 Å². The van der Waals surface area contributed by atoms with Gasteiger partial charge in [0.2, 0.25) is 0 Å². The van der Waals surface area contributed by atoms with Gasteiger partial charge in [-0.2, -0.15) is 14.6 Å². The number of fused-ring (bicyclic) bond motifs is 2. The fourth-order valence-electron chi connectivity index (χ4n) is 3.38. The second-order valence-electron chi connectivity index (χ2n) is 7.17. The molecule has 0 radical (unpaired) electrons. The van der Waals surface area contributed by atoms with E-state index in [0.717, 1.165) is 28.1 Å². The summed E-state index contributed by atoms with van der Waals surface area (Å²) in [5.74, 6) is 1.27. The van der Waals surface area contributed by atoms with Gasteiger partial charge in [-0.05, 0) is 38.3 Å². The van der Waals surface area contributed by atoms with Crippen LogP contribution in [0.25, 0.3) is 16.7 Å². The van der Waals surface area contributed by atoms with Crippen LogP contribution in [0.15, 0.2) is 42.7 Å². The smallest absolute Gasteiger partial charge is 0.254 e. The maximum absolute atomic E-state index is 10.9. The van der Waals surface area contributed by atoms with Crippen molar-refractivity contribution < 1.29 is 5.11 Å². The Kier molecular flexibility index (Phi) is 3.69. The average molecular weight is 350 g/mol. The molecule has 0 aliphatic carbocycles. The van der Waals surface area contributed by atoms with Crippen molar-refractivity contribution in [3.63, 3.8) is 0 Å². The van der Waals surface area contributed by atoms with E-state index < -0.39 is 5.60 Å². The van der Waals surface area contributed by atoms with Gasteiger partial charge >= 0.3 is 0 Å². The molecule has 0 saturated heterocycles. The third kappa shape index (κ3) is 2.70. The number of hydrogen-bond donors (Lipinski definition) is 2. The largest absolute Gasteiger partial charge is 0.388 e. The summed E-state index contributed by atoms with van der Waals surface area (Å²) in [4.78, 5) is 8.54. The molecule has 0 aliphatic heterocycles. The van der Waals surface area contributed by atoms with Gasteiger partial charge in [0.15, 0.2) is 0 Å². The monoisotopic (exact) mass is 350 g/mol. The molecular weight excluding hydrogens is 328 g/mol. The molecule has 1 aromatic carbocycles. The number of nitrogens with zero attached hydrogens (tertiary/aromatic N) is 5. The van der Waals surface area contributed by atoms with E-state index in [-0.39, 0.29) is 6.04 Å². The predicted octanol–water partition coefficient (Wildman–Crippen LogP) is 2.85. The van der Waals surface area contributed by atoms with E-state index in [9.17, 15) is 5.11 Å². The number of aliphatic hydroxyl groups is 1. The number of anilines is 1. The normalized spacial score (nSPS) is 13.4. The van der Waals surface area contributed by atoms with E-state index >= 15 is 0 Å². The van der Waals surface area contributed by atoms with Crippen molar-refractivity contribution in [2.24, 2.45) is 7.05 Å². The number of aryl methyl sites for hydroxylation is 2. The molecule has 0 fully saturated rings. The first-order chi connectivity index (χ1) is 12.3. The van der Waals surface area contributed by atoms with E-state index in [1.165, 1.54) is 6.33 Å². The van der Waals surface area contributed by atoms with Crippen LogP contribution in [0.3, 0.4) is 0 Å². The maximum atomic E-state index is 10.9. The van der Waals surface area contributed by atoms with Gasteiger partial charge in [0.25, 0.3) is 5.78 Å². The van der Waals surface area contributed by atoms with Gasteiger partial charge in [0.05, 0.1) is 11.6 Å². The summed E-state index contributed by atoms with van der Waals surface area (Å²) in [6.07, 6.45) is 1.48. The molecule has 0 unspecified atom stereocenters. The molecule has 0 spiro atoms. The Morgan fingerprint density at radius 1 is 1.19 bits per heavy atom. The zero-order valence-electron chi connectivity index (χ0n) is 15.3. The SMILES string of the molecule is Cc1cc(N[C@H](c2cc3ccccc3n2C)C(C)(C)O)n2ncnc2n1. The zero-order valence-corrected chi connectivity index (χ0v) is 15.3. The summed E-state index contributed by atoms with van der Waals surface area (Å²) in [7, 11) is 2.01. The first-order valence-corrected chi connectivity index (χ1v) is 8.55. The van der Waals surface area contributed by atoms with Crippen LogP contribution < -0.4 is 5.32 Å². The highest BCUT2D eigenvalue weighted by molar-refractivity contribution is 5.81. The van der Waals surface area contributed by atoms with Crippen LogP contribution in [0.2, 0.25) is 0 Å². The van der Waals surface area contributed by atoms with E-state index in [0.29, 0.717) is 5.78 Å². The Morgan fingerprint density at radius 2 is 1.96 bits per heavy atom.